The number of carbonyl (C=O) groups excluding carboxylic acids is 1. The first kappa shape index (κ1) is 12.4. The Bertz CT molecular complexity index is 641. The zero-order chi connectivity index (χ0) is 13.3. The van der Waals surface area contributed by atoms with Crippen molar-refractivity contribution in [3.63, 3.8) is 0 Å². The number of benzene rings is 1. The van der Waals surface area contributed by atoms with Gasteiger partial charge in [-0.2, -0.15) is 0 Å². The van der Waals surface area contributed by atoms with E-state index in [1.807, 2.05) is 0 Å². The van der Waals surface area contributed by atoms with Gasteiger partial charge < -0.3 is 14.4 Å². The van der Waals surface area contributed by atoms with Crippen molar-refractivity contribution in [3.8, 4) is 0 Å². The van der Waals surface area contributed by atoms with E-state index in [0.717, 1.165) is 0 Å². The Labute approximate surface area is 103 Å². The van der Waals surface area contributed by atoms with Crippen molar-refractivity contribution in [3.05, 3.63) is 28.7 Å². The monoisotopic (exact) mass is 250 g/mol. The summed E-state index contributed by atoms with van der Waals surface area (Å²) in [7, 11) is 3.23. The van der Waals surface area contributed by atoms with Crippen LogP contribution in [-0.4, -0.2) is 29.2 Å². The van der Waals surface area contributed by atoms with Crippen LogP contribution in [0, 0.1) is 0 Å². The standard InChI is InChI=1S/C12H14N2O4/c1-13(11(16)5-6-15)8-3-4-10-9(7-8)14(2)12(17)18-10/h3-4,7,15H,5-6H2,1-2H3. The lowest BCUT2D eigenvalue weighted by atomic mass is 10.2. The summed E-state index contributed by atoms with van der Waals surface area (Å²) in [5, 5.41) is 8.74. The van der Waals surface area contributed by atoms with Gasteiger partial charge in [-0.25, -0.2) is 4.79 Å². The van der Waals surface area contributed by atoms with Crippen LogP contribution in [0.1, 0.15) is 6.42 Å². The molecule has 0 fully saturated rings. The second-order valence-corrected chi connectivity index (χ2v) is 4.01. The Morgan fingerprint density at radius 1 is 1.50 bits per heavy atom. The molecule has 1 N–H and O–H groups in total. The van der Waals surface area contributed by atoms with Crippen molar-refractivity contribution >= 4 is 22.7 Å². The number of hydrogen-bond donors (Lipinski definition) is 1. The van der Waals surface area contributed by atoms with E-state index in [4.69, 9.17) is 9.52 Å². The molecule has 0 atom stereocenters. The molecule has 18 heavy (non-hydrogen) atoms. The molecule has 2 rings (SSSR count). The average molecular weight is 250 g/mol. The highest BCUT2D eigenvalue weighted by atomic mass is 16.4. The number of hydrogen-bond acceptors (Lipinski definition) is 4. The first-order chi connectivity index (χ1) is 8.54. The summed E-state index contributed by atoms with van der Waals surface area (Å²) in [6.45, 7) is -0.185. The molecule has 0 saturated carbocycles. The second kappa shape index (κ2) is 4.66. The molecule has 0 saturated heterocycles. The highest BCUT2D eigenvalue weighted by Gasteiger charge is 2.13. The SMILES string of the molecule is CN(C(=O)CCO)c1ccc2oc(=O)n(C)c2c1. The third-order valence-corrected chi connectivity index (χ3v) is 2.86. The van der Waals surface area contributed by atoms with Crippen molar-refractivity contribution in [1.29, 1.82) is 0 Å². The van der Waals surface area contributed by atoms with Gasteiger partial charge in [0.05, 0.1) is 18.5 Å². The van der Waals surface area contributed by atoms with Crippen LogP contribution in [0.5, 0.6) is 0 Å². The van der Waals surface area contributed by atoms with Gasteiger partial charge in [0.25, 0.3) is 0 Å². The number of aliphatic hydroxyl groups is 1. The van der Waals surface area contributed by atoms with Crippen LogP contribution in [0.25, 0.3) is 11.1 Å². The maximum Gasteiger partial charge on any atom is 0.419 e. The largest absolute Gasteiger partial charge is 0.419 e. The van der Waals surface area contributed by atoms with Gasteiger partial charge in [0.15, 0.2) is 5.58 Å². The highest BCUT2D eigenvalue weighted by Crippen LogP contribution is 2.20. The number of anilines is 1. The van der Waals surface area contributed by atoms with Crippen LogP contribution in [0.4, 0.5) is 5.69 Å². The van der Waals surface area contributed by atoms with E-state index >= 15 is 0 Å². The zero-order valence-corrected chi connectivity index (χ0v) is 10.2. The number of aliphatic hydroxyl groups excluding tert-OH is 1. The Morgan fingerprint density at radius 3 is 2.89 bits per heavy atom. The van der Waals surface area contributed by atoms with E-state index in [9.17, 15) is 9.59 Å². The predicted octanol–water partition coefficient (Wildman–Crippen LogP) is 0.477. The number of aromatic nitrogens is 1. The molecule has 6 heteroatoms. The lowest BCUT2D eigenvalue weighted by Crippen LogP contribution is -2.26. The molecule has 0 aliphatic carbocycles. The van der Waals surface area contributed by atoms with Crippen LogP contribution in [0.3, 0.4) is 0 Å². The van der Waals surface area contributed by atoms with Gasteiger partial charge in [0.2, 0.25) is 5.91 Å². The van der Waals surface area contributed by atoms with E-state index in [1.54, 1.807) is 32.3 Å². The summed E-state index contributed by atoms with van der Waals surface area (Å²) in [5.41, 5.74) is 1.76. The molecule has 0 aliphatic rings. The Balaban J connectivity index is 2.43. The van der Waals surface area contributed by atoms with Crippen LogP contribution in [0.2, 0.25) is 0 Å². The fourth-order valence-corrected chi connectivity index (χ4v) is 1.73. The molecule has 0 radical (unpaired) electrons. The van der Waals surface area contributed by atoms with Gasteiger partial charge in [0, 0.05) is 19.8 Å². The van der Waals surface area contributed by atoms with E-state index in [1.165, 1.54) is 9.47 Å². The average Bonchev–Trinajstić information content (AvgIpc) is 2.64. The molecular weight excluding hydrogens is 236 g/mol. The summed E-state index contributed by atoms with van der Waals surface area (Å²) in [4.78, 5) is 24.4. The molecule has 1 aromatic heterocycles. The molecule has 0 bridgehead atoms. The van der Waals surface area contributed by atoms with Gasteiger partial charge in [-0.15, -0.1) is 0 Å². The lowest BCUT2D eigenvalue weighted by Gasteiger charge is -2.16. The lowest BCUT2D eigenvalue weighted by molar-refractivity contribution is -0.118. The molecular formula is C12H14N2O4. The molecule has 2 aromatic rings. The summed E-state index contributed by atoms with van der Waals surface area (Å²) < 4.78 is 6.38. The number of amides is 1. The van der Waals surface area contributed by atoms with E-state index in [-0.39, 0.29) is 18.9 Å². The third-order valence-electron chi connectivity index (χ3n) is 2.86. The predicted molar refractivity (Wildman–Crippen MR) is 66.6 cm³/mol. The number of nitrogens with zero attached hydrogens (tertiary/aromatic N) is 2. The first-order valence-corrected chi connectivity index (χ1v) is 5.51. The van der Waals surface area contributed by atoms with Crippen molar-refractivity contribution in [2.24, 2.45) is 7.05 Å². The smallest absolute Gasteiger partial charge is 0.408 e. The maximum absolute atomic E-state index is 11.6. The number of oxazole rings is 1. The second-order valence-electron chi connectivity index (χ2n) is 4.01. The number of carbonyl (C=O) groups is 1. The van der Waals surface area contributed by atoms with E-state index in [0.29, 0.717) is 16.8 Å². The molecule has 0 aliphatic heterocycles. The Hall–Kier alpha value is -2.08. The Kier molecular flexibility index (Phi) is 3.20. The molecule has 0 spiro atoms. The first-order valence-electron chi connectivity index (χ1n) is 5.51. The van der Waals surface area contributed by atoms with E-state index < -0.39 is 5.76 Å². The Morgan fingerprint density at radius 2 is 2.22 bits per heavy atom. The molecule has 1 heterocycles. The van der Waals surface area contributed by atoms with Gasteiger partial charge in [0.1, 0.15) is 0 Å². The minimum absolute atomic E-state index is 0.0683. The maximum atomic E-state index is 11.6. The van der Waals surface area contributed by atoms with Crippen molar-refractivity contribution in [2.45, 2.75) is 6.42 Å². The van der Waals surface area contributed by atoms with Gasteiger partial charge in [-0.3, -0.25) is 9.36 Å². The molecule has 6 nitrogen and oxygen atoms in total. The summed E-state index contributed by atoms with van der Waals surface area (Å²) in [6.07, 6.45) is 0.0683. The zero-order valence-electron chi connectivity index (χ0n) is 10.2. The van der Waals surface area contributed by atoms with Crippen LogP contribution in [0.15, 0.2) is 27.4 Å². The molecule has 96 valence electrons. The number of fused-ring (bicyclic) bond motifs is 1. The molecule has 1 amide bonds. The third kappa shape index (κ3) is 2.02. The summed E-state index contributed by atoms with van der Waals surface area (Å²) in [6, 6.07) is 5.05. The van der Waals surface area contributed by atoms with Crippen molar-refractivity contribution in [2.75, 3.05) is 18.6 Å². The van der Waals surface area contributed by atoms with Gasteiger partial charge >= 0.3 is 5.76 Å². The van der Waals surface area contributed by atoms with Gasteiger partial charge in [-0.1, -0.05) is 0 Å². The minimum Gasteiger partial charge on any atom is -0.408 e. The highest BCUT2D eigenvalue weighted by molar-refractivity contribution is 5.94. The summed E-state index contributed by atoms with van der Waals surface area (Å²) in [5.74, 6) is -0.628. The summed E-state index contributed by atoms with van der Waals surface area (Å²) >= 11 is 0. The van der Waals surface area contributed by atoms with E-state index in [2.05, 4.69) is 0 Å². The normalized spacial score (nSPS) is 10.8. The minimum atomic E-state index is -0.438. The van der Waals surface area contributed by atoms with Gasteiger partial charge in [-0.05, 0) is 18.2 Å². The molecule has 1 aromatic carbocycles. The van der Waals surface area contributed by atoms with Crippen molar-refractivity contribution < 1.29 is 14.3 Å². The number of aryl methyl sites for hydroxylation is 1. The quantitative estimate of drug-likeness (QED) is 0.859. The van der Waals surface area contributed by atoms with Crippen LogP contribution < -0.4 is 10.7 Å². The fourth-order valence-electron chi connectivity index (χ4n) is 1.73. The molecule has 0 unspecified atom stereocenters. The van der Waals surface area contributed by atoms with Crippen molar-refractivity contribution in [1.82, 2.24) is 4.57 Å². The van der Waals surface area contributed by atoms with Crippen LogP contribution in [-0.2, 0) is 11.8 Å². The topological polar surface area (TPSA) is 75.7 Å². The number of rotatable bonds is 3. The fraction of sp³-hybridized carbons (Fsp3) is 0.333. The van der Waals surface area contributed by atoms with Crippen LogP contribution >= 0.6 is 0 Å².